The number of ether oxygens (including phenoxy) is 3. The van der Waals surface area contributed by atoms with Crippen molar-refractivity contribution in [2.45, 2.75) is 19.4 Å². The molecule has 0 unspecified atom stereocenters. The Kier molecular flexibility index (Phi) is 10.5. The molecule has 0 aliphatic rings. The summed E-state index contributed by atoms with van der Waals surface area (Å²) in [6, 6.07) is 14.5. The molecule has 2 aromatic carbocycles. The Labute approximate surface area is 207 Å². The summed E-state index contributed by atoms with van der Waals surface area (Å²) < 4.78 is 18.7. The maximum atomic E-state index is 5.56. The van der Waals surface area contributed by atoms with Crippen LogP contribution in [-0.4, -0.2) is 52.0 Å². The molecule has 0 amide bonds. The first kappa shape index (κ1) is 25.6. The zero-order chi connectivity index (χ0) is 22.1. The average molecular weight is 552 g/mol. The van der Waals surface area contributed by atoms with Gasteiger partial charge in [0.2, 0.25) is 5.75 Å². The molecule has 0 spiro atoms. The summed E-state index contributed by atoms with van der Waals surface area (Å²) in [5, 5.41) is 8.02. The van der Waals surface area contributed by atoms with E-state index in [-0.39, 0.29) is 24.0 Å². The molecule has 32 heavy (non-hydrogen) atoms. The van der Waals surface area contributed by atoms with E-state index in [9.17, 15) is 0 Å². The van der Waals surface area contributed by atoms with Gasteiger partial charge >= 0.3 is 0 Å². The van der Waals surface area contributed by atoms with E-state index in [0.29, 0.717) is 23.8 Å². The van der Waals surface area contributed by atoms with Crippen LogP contribution in [0.3, 0.4) is 0 Å². The van der Waals surface area contributed by atoms with Gasteiger partial charge in [-0.2, -0.15) is 0 Å². The molecular weight excluding hydrogens is 519 g/mol. The molecule has 1 aromatic heterocycles. The number of hydrogen-bond donors (Lipinski definition) is 2. The highest BCUT2D eigenvalue weighted by molar-refractivity contribution is 14.0. The van der Waals surface area contributed by atoms with Crippen LogP contribution in [0.5, 0.6) is 17.2 Å². The maximum Gasteiger partial charge on any atom is 0.203 e. The second kappa shape index (κ2) is 13.0. The first-order chi connectivity index (χ1) is 15.2. The fourth-order valence-corrected chi connectivity index (χ4v) is 3.69. The molecule has 0 fully saturated rings. The van der Waals surface area contributed by atoms with E-state index in [0.717, 1.165) is 37.5 Å². The first-order valence-electron chi connectivity index (χ1n) is 10.5. The number of aromatic nitrogens is 1. The van der Waals surface area contributed by atoms with Gasteiger partial charge < -0.3 is 29.4 Å². The third-order valence-corrected chi connectivity index (χ3v) is 5.24. The van der Waals surface area contributed by atoms with Crippen molar-refractivity contribution in [3.05, 3.63) is 54.2 Å². The van der Waals surface area contributed by atoms with Gasteiger partial charge in [0.25, 0.3) is 0 Å². The fourth-order valence-electron chi connectivity index (χ4n) is 3.69. The number of aryl methyl sites for hydroxylation is 1. The molecule has 0 saturated carbocycles. The number of nitrogens with zero attached hydrogens (tertiary/aromatic N) is 2. The normalized spacial score (nSPS) is 11.1. The summed E-state index contributed by atoms with van der Waals surface area (Å²) in [7, 11) is 6.66. The van der Waals surface area contributed by atoms with E-state index in [1.807, 2.05) is 12.1 Å². The predicted octanol–water partition coefficient (Wildman–Crippen LogP) is 4.08. The van der Waals surface area contributed by atoms with Crippen LogP contribution in [0.4, 0.5) is 0 Å². The van der Waals surface area contributed by atoms with Gasteiger partial charge in [-0.05, 0) is 36.4 Å². The zero-order valence-electron chi connectivity index (χ0n) is 19.2. The Bertz CT molecular complexity index is 1020. The van der Waals surface area contributed by atoms with Crippen LogP contribution in [0.2, 0.25) is 0 Å². The summed E-state index contributed by atoms with van der Waals surface area (Å²) in [6.07, 6.45) is 3.91. The minimum atomic E-state index is 0. The molecule has 1 heterocycles. The topological polar surface area (TPSA) is 69.0 Å². The lowest BCUT2D eigenvalue weighted by Gasteiger charge is -2.16. The van der Waals surface area contributed by atoms with Crippen LogP contribution < -0.4 is 24.8 Å². The van der Waals surface area contributed by atoms with Crippen LogP contribution >= 0.6 is 24.0 Å². The fraction of sp³-hybridized carbons (Fsp3) is 0.375. The maximum absolute atomic E-state index is 5.56. The molecule has 174 valence electrons. The van der Waals surface area contributed by atoms with Crippen LogP contribution in [0, 0.1) is 0 Å². The Morgan fingerprint density at radius 2 is 1.66 bits per heavy atom. The van der Waals surface area contributed by atoms with Crippen molar-refractivity contribution in [2.24, 2.45) is 4.99 Å². The highest BCUT2D eigenvalue weighted by Gasteiger charge is 2.15. The van der Waals surface area contributed by atoms with E-state index >= 15 is 0 Å². The molecule has 0 bridgehead atoms. The molecule has 3 aromatic rings. The van der Waals surface area contributed by atoms with Crippen molar-refractivity contribution < 1.29 is 14.2 Å². The second-order valence-electron chi connectivity index (χ2n) is 7.09. The molecule has 3 rings (SSSR count). The van der Waals surface area contributed by atoms with Gasteiger partial charge in [0.15, 0.2) is 17.5 Å². The summed E-state index contributed by atoms with van der Waals surface area (Å²) in [4.78, 5) is 4.32. The summed E-state index contributed by atoms with van der Waals surface area (Å²) in [5.74, 6) is 2.76. The number of fused-ring (bicyclic) bond motifs is 1. The highest BCUT2D eigenvalue weighted by Crippen LogP contribution is 2.39. The number of guanidine groups is 1. The molecular formula is C24H33IN4O3. The van der Waals surface area contributed by atoms with Gasteiger partial charge in [-0.1, -0.05) is 24.3 Å². The van der Waals surface area contributed by atoms with E-state index in [1.54, 1.807) is 28.4 Å². The summed E-state index contributed by atoms with van der Waals surface area (Å²) >= 11 is 0. The lowest BCUT2D eigenvalue weighted by atomic mass is 10.1. The highest BCUT2D eigenvalue weighted by atomic mass is 127. The van der Waals surface area contributed by atoms with E-state index < -0.39 is 0 Å². The quantitative estimate of drug-likeness (QED) is 0.172. The number of benzene rings is 2. The molecule has 0 saturated heterocycles. The molecule has 2 N–H and O–H groups in total. The molecule has 0 atom stereocenters. The minimum absolute atomic E-state index is 0. The van der Waals surface area contributed by atoms with E-state index in [2.05, 4.69) is 56.7 Å². The lowest BCUT2D eigenvalue weighted by molar-refractivity contribution is 0.322. The number of hydrogen-bond acceptors (Lipinski definition) is 4. The van der Waals surface area contributed by atoms with Crippen molar-refractivity contribution in [1.82, 2.24) is 15.2 Å². The first-order valence-corrected chi connectivity index (χ1v) is 10.5. The van der Waals surface area contributed by atoms with Crippen molar-refractivity contribution in [3.63, 3.8) is 0 Å². The molecule has 0 radical (unpaired) electrons. The number of para-hydroxylation sites is 1. The van der Waals surface area contributed by atoms with Crippen molar-refractivity contribution in [3.8, 4) is 17.2 Å². The van der Waals surface area contributed by atoms with Gasteiger partial charge in [0.1, 0.15) is 0 Å². The molecule has 8 heteroatoms. The largest absolute Gasteiger partial charge is 0.493 e. The molecule has 7 nitrogen and oxygen atoms in total. The zero-order valence-corrected chi connectivity index (χ0v) is 21.5. The number of aliphatic imine (C=N–C) groups is 1. The number of nitrogens with one attached hydrogen (secondary N) is 2. The Balaban J connectivity index is 0.00000363. The van der Waals surface area contributed by atoms with Gasteiger partial charge in [-0.25, -0.2) is 0 Å². The lowest BCUT2D eigenvalue weighted by Crippen LogP contribution is -2.39. The molecule has 0 aliphatic heterocycles. The van der Waals surface area contributed by atoms with Crippen LogP contribution in [-0.2, 0) is 13.0 Å². The number of halogens is 1. The summed E-state index contributed by atoms with van der Waals surface area (Å²) in [6.45, 7) is 2.51. The molecule has 0 aliphatic carbocycles. The average Bonchev–Trinajstić information content (AvgIpc) is 3.23. The Morgan fingerprint density at radius 3 is 2.38 bits per heavy atom. The van der Waals surface area contributed by atoms with Crippen molar-refractivity contribution in [1.29, 1.82) is 0 Å². The minimum Gasteiger partial charge on any atom is -0.493 e. The number of rotatable bonds is 10. The Morgan fingerprint density at radius 1 is 0.906 bits per heavy atom. The van der Waals surface area contributed by atoms with Crippen molar-refractivity contribution >= 4 is 40.8 Å². The van der Waals surface area contributed by atoms with Gasteiger partial charge in [0.05, 0.1) is 21.3 Å². The van der Waals surface area contributed by atoms with E-state index in [1.165, 1.54) is 10.9 Å². The standard InChI is InChI=1S/C24H32N4O3.HI/c1-25-24(26-14-7-16-28-17-13-18-8-5-6-9-20(18)28)27-15-12-19-10-11-21(29-2)23(31-4)22(19)30-3;/h5-6,8-11,13,17H,7,12,14-16H2,1-4H3,(H2,25,26,27);1H. The van der Waals surface area contributed by atoms with Crippen LogP contribution in [0.1, 0.15) is 12.0 Å². The van der Waals surface area contributed by atoms with Gasteiger partial charge in [0, 0.05) is 44.0 Å². The third kappa shape index (κ3) is 6.21. The van der Waals surface area contributed by atoms with E-state index in [4.69, 9.17) is 14.2 Å². The SMILES string of the molecule is CN=C(NCCCn1ccc2ccccc21)NCCc1ccc(OC)c(OC)c1OC.I. The third-order valence-electron chi connectivity index (χ3n) is 5.24. The van der Waals surface area contributed by atoms with Gasteiger partial charge in [-0.3, -0.25) is 4.99 Å². The smallest absolute Gasteiger partial charge is 0.203 e. The second-order valence-corrected chi connectivity index (χ2v) is 7.09. The monoisotopic (exact) mass is 552 g/mol. The number of methoxy groups -OCH3 is 3. The van der Waals surface area contributed by atoms with Crippen molar-refractivity contribution in [2.75, 3.05) is 41.5 Å². The summed E-state index contributed by atoms with van der Waals surface area (Å²) in [5.41, 5.74) is 2.32. The predicted molar refractivity (Wildman–Crippen MR) is 141 cm³/mol. The Hall–Kier alpha value is -2.62. The van der Waals surface area contributed by atoms with Crippen LogP contribution in [0.15, 0.2) is 53.7 Å². The van der Waals surface area contributed by atoms with Gasteiger partial charge in [-0.15, -0.1) is 24.0 Å². The van der Waals surface area contributed by atoms with Crippen LogP contribution in [0.25, 0.3) is 10.9 Å².